The molecule has 0 bridgehead atoms. The van der Waals surface area contributed by atoms with Crippen molar-refractivity contribution in [1.29, 1.82) is 5.26 Å². The molecule has 2 aromatic heterocycles. The Labute approximate surface area is 135 Å². The Morgan fingerprint density at radius 2 is 1.79 bits per heavy atom. The van der Waals surface area contributed by atoms with Crippen LogP contribution in [0.15, 0.2) is 68.6 Å². The van der Waals surface area contributed by atoms with Crippen LogP contribution in [0.3, 0.4) is 0 Å². The number of H-pyrrole nitrogens is 1. The predicted molar refractivity (Wildman–Crippen MR) is 90.8 cm³/mol. The highest BCUT2D eigenvalue weighted by molar-refractivity contribution is 6.06. The molecule has 0 radical (unpaired) electrons. The maximum atomic E-state index is 12.3. The molecule has 24 heavy (non-hydrogen) atoms. The van der Waals surface area contributed by atoms with Gasteiger partial charge >= 0.3 is 5.63 Å². The zero-order valence-corrected chi connectivity index (χ0v) is 12.4. The van der Waals surface area contributed by atoms with E-state index in [-0.39, 0.29) is 11.1 Å². The highest BCUT2D eigenvalue weighted by Gasteiger charge is 2.11. The molecular weight excluding hydrogens is 304 g/mol. The van der Waals surface area contributed by atoms with Crippen LogP contribution in [-0.2, 0) is 0 Å². The minimum Gasteiger partial charge on any atom is -0.422 e. The Morgan fingerprint density at radius 1 is 0.958 bits per heavy atom. The van der Waals surface area contributed by atoms with Gasteiger partial charge in [-0.3, -0.25) is 4.79 Å². The van der Waals surface area contributed by atoms with Crippen molar-refractivity contribution in [1.82, 2.24) is 4.98 Å². The molecule has 4 aromatic rings. The third-order valence-corrected chi connectivity index (χ3v) is 3.96. The molecule has 0 saturated carbocycles. The van der Waals surface area contributed by atoms with E-state index >= 15 is 0 Å². The summed E-state index contributed by atoms with van der Waals surface area (Å²) in [5.74, 6) is 0. The fourth-order valence-corrected chi connectivity index (χ4v) is 2.78. The number of aromatic amines is 1. The van der Waals surface area contributed by atoms with E-state index in [4.69, 9.17) is 9.68 Å². The van der Waals surface area contributed by atoms with E-state index in [1.165, 1.54) is 12.1 Å². The van der Waals surface area contributed by atoms with Gasteiger partial charge in [0.2, 0.25) is 0 Å². The van der Waals surface area contributed by atoms with Gasteiger partial charge in [0, 0.05) is 5.39 Å². The quantitative estimate of drug-likeness (QED) is 0.432. The van der Waals surface area contributed by atoms with Crippen molar-refractivity contribution in [2.75, 3.05) is 0 Å². The van der Waals surface area contributed by atoms with Crippen LogP contribution < -0.4 is 11.2 Å². The van der Waals surface area contributed by atoms with Gasteiger partial charge in [-0.25, -0.2) is 4.79 Å². The molecule has 5 nitrogen and oxygen atoms in total. The smallest absolute Gasteiger partial charge is 0.345 e. The summed E-state index contributed by atoms with van der Waals surface area (Å²) in [6, 6.07) is 17.8. The second-order valence-electron chi connectivity index (χ2n) is 5.37. The number of nitrogens with one attached hydrogen (secondary N) is 1. The molecule has 0 amide bonds. The molecule has 0 spiro atoms. The number of nitrogens with zero attached hydrogens (tertiary/aromatic N) is 1. The first-order valence-corrected chi connectivity index (χ1v) is 7.27. The molecular formula is C19H10N2O3. The zero-order chi connectivity index (χ0) is 16.7. The number of nitriles is 1. The van der Waals surface area contributed by atoms with Crippen LogP contribution in [0.25, 0.3) is 33.0 Å². The summed E-state index contributed by atoms with van der Waals surface area (Å²) in [5, 5.41) is 11.6. The fraction of sp³-hybridized carbons (Fsp3) is 0. The maximum absolute atomic E-state index is 12.3. The number of hydrogen-bond donors (Lipinski definition) is 1. The minimum absolute atomic E-state index is 0.00521. The van der Waals surface area contributed by atoms with Crippen molar-refractivity contribution in [2.45, 2.75) is 0 Å². The number of hydrogen-bond acceptors (Lipinski definition) is 4. The van der Waals surface area contributed by atoms with Gasteiger partial charge in [0.1, 0.15) is 17.2 Å². The molecule has 0 saturated heterocycles. The molecule has 0 aliphatic carbocycles. The molecule has 0 aliphatic heterocycles. The second-order valence-corrected chi connectivity index (χ2v) is 5.37. The van der Waals surface area contributed by atoms with Gasteiger partial charge in [-0.1, -0.05) is 30.3 Å². The first-order chi connectivity index (χ1) is 11.7. The highest BCUT2D eigenvalue weighted by atomic mass is 16.4. The van der Waals surface area contributed by atoms with Gasteiger partial charge in [-0.05, 0) is 35.0 Å². The van der Waals surface area contributed by atoms with E-state index < -0.39 is 11.2 Å². The second kappa shape index (κ2) is 5.21. The number of aromatic nitrogens is 1. The molecule has 2 aromatic carbocycles. The third-order valence-electron chi connectivity index (χ3n) is 3.96. The number of benzene rings is 2. The van der Waals surface area contributed by atoms with Crippen LogP contribution in [0, 0.1) is 11.3 Å². The molecule has 0 aliphatic rings. The average Bonchev–Trinajstić information content (AvgIpc) is 2.61. The van der Waals surface area contributed by atoms with Gasteiger partial charge in [-0.2, -0.15) is 5.26 Å². The molecule has 4 rings (SSSR count). The summed E-state index contributed by atoms with van der Waals surface area (Å²) < 4.78 is 5.41. The van der Waals surface area contributed by atoms with Crippen molar-refractivity contribution in [2.24, 2.45) is 0 Å². The third kappa shape index (κ3) is 2.09. The van der Waals surface area contributed by atoms with Crippen LogP contribution >= 0.6 is 0 Å². The first kappa shape index (κ1) is 14.0. The minimum atomic E-state index is -0.543. The van der Waals surface area contributed by atoms with Crippen molar-refractivity contribution in [3.05, 3.63) is 80.9 Å². The molecule has 0 unspecified atom stereocenters. The number of pyridine rings is 1. The summed E-state index contributed by atoms with van der Waals surface area (Å²) in [7, 11) is 0. The predicted octanol–water partition coefficient (Wildman–Crippen LogP) is 3.17. The monoisotopic (exact) mass is 314 g/mol. The van der Waals surface area contributed by atoms with Crippen molar-refractivity contribution in [3.63, 3.8) is 0 Å². The Kier molecular flexibility index (Phi) is 3.04. The molecule has 2 heterocycles. The van der Waals surface area contributed by atoms with Crippen LogP contribution in [0.2, 0.25) is 0 Å². The van der Waals surface area contributed by atoms with E-state index in [2.05, 4.69) is 4.98 Å². The SMILES string of the molecule is N#Cc1ccc(-c2cc3c(ccc4ccccc43)oc2=O)[nH]c1=O. The van der Waals surface area contributed by atoms with Crippen molar-refractivity contribution < 1.29 is 4.42 Å². The normalized spacial score (nSPS) is 10.8. The summed E-state index contributed by atoms with van der Waals surface area (Å²) in [5.41, 5.74) is -0.0265. The van der Waals surface area contributed by atoms with Crippen LogP contribution in [0.5, 0.6) is 0 Å². The van der Waals surface area contributed by atoms with Gasteiger partial charge < -0.3 is 9.40 Å². The summed E-state index contributed by atoms with van der Waals surface area (Å²) in [4.78, 5) is 26.7. The van der Waals surface area contributed by atoms with E-state index in [0.717, 1.165) is 16.2 Å². The van der Waals surface area contributed by atoms with Crippen molar-refractivity contribution in [3.8, 4) is 17.3 Å². The molecule has 5 heteroatoms. The largest absolute Gasteiger partial charge is 0.422 e. The summed E-state index contributed by atoms with van der Waals surface area (Å²) in [6.07, 6.45) is 0. The first-order valence-electron chi connectivity index (χ1n) is 7.27. The Morgan fingerprint density at radius 3 is 2.58 bits per heavy atom. The van der Waals surface area contributed by atoms with Gasteiger partial charge in [-0.15, -0.1) is 0 Å². The van der Waals surface area contributed by atoms with Crippen LogP contribution in [-0.4, -0.2) is 4.98 Å². The van der Waals surface area contributed by atoms with Crippen LogP contribution in [0.4, 0.5) is 0 Å². The molecule has 1 N–H and O–H groups in total. The van der Waals surface area contributed by atoms with Crippen molar-refractivity contribution >= 4 is 21.7 Å². The fourth-order valence-electron chi connectivity index (χ4n) is 2.78. The summed E-state index contributed by atoms with van der Waals surface area (Å²) >= 11 is 0. The molecule has 0 atom stereocenters. The maximum Gasteiger partial charge on any atom is 0.345 e. The zero-order valence-electron chi connectivity index (χ0n) is 12.4. The van der Waals surface area contributed by atoms with Crippen LogP contribution in [0.1, 0.15) is 5.56 Å². The molecule has 0 fully saturated rings. The number of fused-ring (bicyclic) bond motifs is 3. The lowest BCUT2D eigenvalue weighted by atomic mass is 10.0. The van der Waals surface area contributed by atoms with Gasteiger partial charge in [0.05, 0.1) is 11.3 Å². The lowest BCUT2D eigenvalue weighted by Crippen LogP contribution is -2.13. The number of rotatable bonds is 1. The van der Waals surface area contributed by atoms with E-state index in [1.807, 2.05) is 30.3 Å². The van der Waals surface area contributed by atoms with Gasteiger partial charge in [0.15, 0.2) is 0 Å². The highest BCUT2D eigenvalue weighted by Crippen LogP contribution is 2.27. The van der Waals surface area contributed by atoms with Gasteiger partial charge in [0.25, 0.3) is 5.56 Å². The Hall–Kier alpha value is -3.65. The topological polar surface area (TPSA) is 86.9 Å². The standard InChI is InChI=1S/C19H10N2O3/c20-10-12-5-7-16(21-18(12)22)15-9-14-13-4-2-1-3-11(13)6-8-17(14)24-19(15)23/h1-9H,(H,21,22). The summed E-state index contributed by atoms with van der Waals surface area (Å²) in [6.45, 7) is 0. The molecule has 114 valence electrons. The average molecular weight is 314 g/mol. The van der Waals surface area contributed by atoms with E-state index in [9.17, 15) is 9.59 Å². The Balaban J connectivity index is 2.06. The lowest BCUT2D eigenvalue weighted by Gasteiger charge is -2.05. The van der Waals surface area contributed by atoms with E-state index in [0.29, 0.717) is 11.3 Å². The van der Waals surface area contributed by atoms with E-state index in [1.54, 1.807) is 18.2 Å². The Bertz CT molecular complexity index is 1260. The lowest BCUT2D eigenvalue weighted by molar-refractivity contribution is 0.563.